The molecule has 0 unspecified atom stereocenters. The zero-order valence-corrected chi connectivity index (χ0v) is 7.20. The third-order valence-corrected chi connectivity index (χ3v) is 1.94. The summed E-state index contributed by atoms with van der Waals surface area (Å²) in [5.41, 5.74) is 5.32. The van der Waals surface area contributed by atoms with Gasteiger partial charge in [0, 0.05) is 5.39 Å². The van der Waals surface area contributed by atoms with Crippen LogP contribution in [0.2, 0.25) is 0 Å². The second kappa shape index (κ2) is 3.06. The van der Waals surface area contributed by atoms with E-state index in [1.807, 2.05) is 0 Å². The molecule has 1 aromatic carbocycles. The SMILES string of the molecule is NC(=O)c1cc2ccccc2nc1F. The molecule has 1 aromatic heterocycles. The van der Waals surface area contributed by atoms with Crippen molar-refractivity contribution in [2.75, 3.05) is 0 Å². The Balaban J connectivity index is 2.77. The largest absolute Gasteiger partial charge is 0.365 e. The van der Waals surface area contributed by atoms with Gasteiger partial charge in [-0.1, -0.05) is 18.2 Å². The van der Waals surface area contributed by atoms with Crippen molar-refractivity contribution >= 4 is 16.8 Å². The number of para-hydroxylation sites is 1. The fourth-order valence-electron chi connectivity index (χ4n) is 1.27. The van der Waals surface area contributed by atoms with E-state index in [0.29, 0.717) is 10.9 Å². The molecular weight excluding hydrogens is 183 g/mol. The van der Waals surface area contributed by atoms with Crippen LogP contribution >= 0.6 is 0 Å². The van der Waals surface area contributed by atoms with Crippen LogP contribution in [0.3, 0.4) is 0 Å². The summed E-state index contributed by atoms with van der Waals surface area (Å²) in [6, 6.07) is 8.35. The number of amides is 1. The van der Waals surface area contributed by atoms with E-state index in [1.165, 1.54) is 6.07 Å². The Kier molecular flexibility index (Phi) is 1.89. The lowest BCUT2D eigenvalue weighted by molar-refractivity contribution is 0.0996. The van der Waals surface area contributed by atoms with E-state index in [4.69, 9.17) is 5.73 Å². The number of benzene rings is 1. The number of rotatable bonds is 1. The highest BCUT2D eigenvalue weighted by Gasteiger charge is 2.10. The Morgan fingerprint density at radius 2 is 2.07 bits per heavy atom. The molecule has 1 heterocycles. The lowest BCUT2D eigenvalue weighted by Gasteiger charge is -2.00. The molecule has 3 nitrogen and oxygen atoms in total. The predicted molar refractivity (Wildman–Crippen MR) is 50.2 cm³/mol. The van der Waals surface area contributed by atoms with E-state index in [-0.39, 0.29) is 5.56 Å². The lowest BCUT2D eigenvalue weighted by atomic mass is 10.1. The summed E-state index contributed by atoms with van der Waals surface area (Å²) in [6.45, 7) is 0. The van der Waals surface area contributed by atoms with Crippen molar-refractivity contribution in [3.8, 4) is 0 Å². The number of aromatic nitrogens is 1. The number of halogens is 1. The van der Waals surface area contributed by atoms with Crippen molar-refractivity contribution in [1.82, 2.24) is 4.98 Å². The van der Waals surface area contributed by atoms with E-state index < -0.39 is 11.9 Å². The van der Waals surface area contributed by atoms with E-state index in [1.54, 1.807) is 24.3 Å². The van der Waals surface area contributed by atoms with Crippen LogP contribution in [0.25, 0.3) is 10.9 Å². The van der Waals surface area contributed by atoms with Gasteiger partial charge in [-0.3, -0.25) is 4.79 Å². The van der Waals surface area contributed by atoms with Gasteiger partial charge < -0.3 is 5.73 Å². The number of carbonyl (C=O) groups is 1. The molecule has 0 aliphatic heterocycles. The molecule has 2 aromatic rings. The van der Waals surface area contributed by atoms with Crippen LogP contribution in [0.1, 0.15) is 10.4 Å². The summed E-state index contributed by atoms with van der Waals surface area (Å²) in [7, 11) is 0. The van der Waals surface area contributed by atoms with Gasteiger partial charge in [0.15, 0.2) is 0 Å². The molecule has 2 N–H and O–H groups in total. The maximum absolute atomic E-state index is 13.2. The summed E-state index contributed by atoms with van der Waals surface area (Å²) < 4.78 is 13.2. The van der Waals surface area contributed by atoms with Gasteiger partial charge in [-0.15, -0.1) is 0 Å². The van der Waals surface area contributed by atoms with E-state index in [2.05, 4.69) is 4.98 Å². The minimum atomic E-state index is -0.823. The third kappa shape index (κ3) is 1.31. The third-order valence-electron chi connectivity index (χ3n) is 1.94. The molecule has 0 aliphatic carbocycles. The zero-order chi connectivity index (χ0) is 10.1. The van der Waals surface area contributed by atoms with Crippen LogP contribution < -0.4 is 5.73 Å². The minimum Gasteiger partial charge on any atom is -0.365 e. The highest BCUT2D eigenvalue weighted by Crippen LogP contribution is 2.14. The van der Waals surface area contributed by atoms with Crippen LogP contribution in [-0.4, -0.2) is 10.9 Å². The van der Waals surface area contributed by atoms with Crippen LogP contribution in [0, 0.1) is 5.95 Å². The first-order valence-corrected chi connectivity index (χ1v) is 4.03. The van der Waals surface area contributed by atoms with Crippen LogP contribution in [0.4, 0.5) is 4.39 Å². The summed E-state index contributed by atoms with van der Waals surface area (Å²) in [4.78, 5) is 14.4. The smallest absolute Gasteiger partial charge is 0.253 e. The number of carbonyl (C=O) groups excluding carboxylic acids is 1. The van der Waals surface area contributed by atoms with Crippen molar-refractivity contribution in [3.63, 3.8) is 0 Å². The Bertz CT molecular complexity index is 510. The highest BCUT2D eigenvalue weighted by molar-refractivity contribution is 5.96. The van der Waals surface area contributed by atoms with Gasteiger partial charge >= 0.3 is 0 Å². The Hall–Kier alpha value is -1.97. The molecule has 0 fully saturated rings. The van der Waals surface area contributed by atoms with Gasteiger partial charge in [0.2, 0.25) is 5.95 Å². The fourth-order valence-corrected chi connectivity index (χ4v) is 1.27. The molecule has 0 saturated heterocycles. The van der Waals surface area contributed by atoms with E-state index >= 15 is 0 Å². The second-order valence-electron chi connectivity index (χ2n) is 2.88. The number of hydrogen-bond acceptors (Lipinski definition) is 2. The van der Waals surface area contributed by atoms with Crippen molar-refractivity contribution < 1.29 is 9.18 Å². The Morgan fingerprint density at radius 1 is 1.36 bits per heavy atom. The number of hydrogen-bond donors (Lipinski definition) is 1. The van der Waals surface area contributed by atoms with Gasteiger partial charge in [0.1, 0.15) is 0 Å². The molecule has 0 aliphatic rings. The number of nitrogens with zero attached hydrogens (tertiary/aromatic N) is 1. The number of nitrogens with two attached hydrogens (primary N) is 1. The van der Waals surface area contributed by atoms with Crippen molar-refractivity contribution in [1.29, 1.82) is 0 Å². The molecule has 0 radical (unpaired) electrons. The maximum Gasteiger partial charge on any atom is 0.253 e. The average Bonchev–Trinajstić information content (AvgIpc) is 2.16. The summed E-state index contributed by atoms with van der Waals surface area (Å²) in [5, 5.41) is 0.697. The topological polar surface area (TPSA) is 56.0 Å². The summed E-state index contributed by atoms with van der Waals surface area (Å²) in [5.74, 6) is -1.63. The molecular formula is C10H7FN2O. The summed E-state index contributed by atoms with van der Waals surface area (Å²) >= 11 is 0. The first kappa shape index (κ1) is 8.62. The van der Waals surface area contributed by atoms with Gasteiger partial charge in [0.25, 0.3) is 5.91 Å². The fraction of sp³-hybridized carbons (Fsp3) is 0. The van der Waals surface area contributed by atoms with Crippen molar-refractivity contribution in [3.05, 3.63) is 41.8 Å². The molecule has 0 saturated carbocycles. The second-order valence-corrected chi connectivity index (χ2v) is 2.88. The Morgan fingerprint density at radius 3 is 2.79 bits per heavy atom. The molecule has 2 rings (SSSR count). The molecule has 14 heavy (non-hydrogen) atoms. The predicted octanol–water partition coefficient (Wildman–Crippen LogP) is 1.47. The normalized spacial score (nSPS) is 10.4. The molecule has 0 atom stereocenters. The quantitative estimate of drug-likeness (QED) is 0.692. The highest BCUT2D eigenvalue weighted by atomic mass is 19.1. The van der Waals surface area contributed by atoms with Gasteiger partial charge in [-0.25, -0.2) is 4.98 Å². The van der Waals surface area contributed by atoms with Crippen LogP contribution in [-0.2, 0) is 0 Å². The molecule has 0 bridgehead atoms. The van der Waals surface area contributed by atoms with E-state index in [0.717, 1.165) is 0 Å². The van der Waals surface area contributed by atoms with Crippen LogP contribution in [0.15, 0.2) is 30.3 Å². The Labute approximate surface area is 79.4 Å². The first-order chi connectivity index (χ1) is 6.68. The van der Waals surface area contributed by atoms with Gasteiger partial charge in [-0.05, 0) is 12.1 Å². The van der Waals surface area contributed by atoms with Crippen molar-refractivity contribution in [2.45, 2.75) is 0 Å². The van der Waals surface area contributed by atoms with Gasteiger partial charge in [-0.2, -0.15) is 4.39 Å². The zero-order valence-electron chi connectivity index (χ0n) is 7.20. The monoisotopic (exact) mass is 190 g/mol. The first-order valence-electron chi connectivity index (χ1n) is 4.03. The van der Waals surface area contributed by atoms with E-state index in [9.17, 15) is 9.18 Å². The molecule has 70 valence electrons. The summed E-state index contributed by atoms with van der Waals surface area (Å²) in [6.07, 6.45) is 0. The average molecular weight is 190 g/mol. The molecule has 1 amide bonds. The number of fused-ring (bicyclic) bond motifs is 1. The number of primary amides is 1. The molecule has 4 heteroatoms. The van der Waals surface area contributed by atoms with Crippen LogP contribution in [0.5, 0.6) is 0 Å². The van der Waals surface area contributed by atoms with Gasteiger partial charge in [0.05, 0.1) is 11.1 Å². The lowest BCUT2D eigenvalue weighted by Crippen LogP contribution is -2.14. The molecule has 0 spiro atoms. The van der Waals surface area contributed by atoms with Crippen molar-refractivity contribution in [2.24, 2.45) is 5.73 Å². The number of pyridine rings is 1. The minimum absolute atomic E-state index is 0.177. The maximum atomic E-state index is 13.2. The standard InChI is InChI=1S/C10H7FN2O/c11-9-7(10(12)14)5-6-3-1-2-4-8(6)13-9/h1-5H,(H2,12,14).